The van der Waals surface area contributed by atoms with Gasteiger partial charge in [-0.25, -0.2) is 13.9 Å². The fourth-order valence-electron chi connectivity index (χ4n) is 6.34. The van der Waals surface area contributed by atoms with Gasteiger partial charge >= 0.3 is 0 Å². The molecular weight excluding hydrogens is 577 g/mol. The van der Waals surface area contributed by atoms with Gasteiger partial charge in [-0.3, -0.25) is 9.59 Å². The zero-order valence-electron chi connectivity index (χ0n) is 25.5. The van der Waals surface area contributed by atoms with Crippen LogP contribution in [-0.4, -0.2) is 51.8 Å². The van der Waals surface area contributed by atoms with E-state index in [1.807, 2.05) is 13.0 Å². The van der Waals surface area contributed by atoms with Crippen molar-refractivity contribution in [1.29, 1.82) is 0 Å². The molecule has 2 aliphatic rings. The summed E-state index contributed by atoms with van der Waals surface area (Å²) in [7, 11) is 1.54. The first-order valence-corrected chi connectivity index (χ1v) is 15.5. The first-order chi connectivity index (χ1) is 21.7. The Hall–Kier alpha value is -4.51. The Morgan fingerprint density at radius 2 is 1.84 bits per heavy atom. The van der Waals surface area contributed by atoms with Gasteiger partial charge in [-0.2, -0.15) is 5.10 Å². The maximum absolute atomic E-state index is 13.9. The molecule has 3 heterocycles. The van der Waals surface area contributed by atoms with Crippen LogP contribution in [0.2, 0.25) is 0 Å². The quantitative estimate of drug-likeness (QED) is 0.211. The minimum atomic E-state index is -1.58. The molecule has 2 amide bonds. The fourth-order valence-corrected chi connectivity index (χ4v) is 6.34. The zero-order chi connectivity index (χ0) is 31.7. The third kappa shape index (κ3) is 6.22. The summed E-state index contributed by atoms with van der Waals surface area (Å²) in [4.78, 5) is 30.7. The minimum Gasteiger partial charge on any atom is -0.491 e. The summed E-state index contributed by atoms with van der Waals surface area (Å²) in [6, 6.07) is 12.8. The van der Waals surface area contributed by atoms with Crippen LogP contribution >= 0.6 is 0 Å². The monoisotopic (exact) mass is 615 g/mol. The highest BCUT2D eigenvalue weighted by Gasteiger charge is 2.42. The Bertz CT molecular complexity index is 1730. The smallest absolute Gasteiger partial charge is 0.251 e. The molecule has 0 spiro atoms. The van der Waals surface area contributed by atoms with Crippen LogP contribution in [0.15, 0.2) is 48.5 Å². The summed E-state index contributed by atoms with van der Waals surface area (Å²) in [6.45, 7) is 1.97. The van der Waals surface area contributed by atoms with Gasteiger partial charge < -0.3 is 25.6 Å². The van der Waals surface area contributed by atoms with Crippen LogP contribution in [0.25, 0.3) is 16.8 Å². The molecule has 11 heteroatoms. The highest BCUT2D eigenvalue weighted by molar-refractivity contribution is 5.95. The van der Waals surface area contributed by atoms with Crippen molar-refractivity contribution in [3.8, 4) is 22.9 Å². The van der Waals surface area contributed by atoms with Crippen LogP contribution < -0.4 is 20.5 Å². The summed E-state index contributed by atoms with van der Waals surface area (Å²) < 4.78 is 27.1. The number of nitrogens with two attached hydrogens (primary N) is 1. The van der Waals surface area contributed by atoms with Crippen molar-refractivity contribution in [1.82, 2.24) is 19.9 Å². The Labute approximate surface area is 260 Å². The van der Waals surface area contributed by atoms with Gasteiger partial charge in [0.05, 0.1) is 43.6 Å². The average Bonchev–Trinajstić information content (AvgIpc) is 3.53. The number of amides is 2. The lowest BCUT2D eigenvalue weighted by atomic mass is 9.81. The van der Waals surface area contributed by atoms with Gasteiger partial charge in [0.25, 0.3) is 5.91 Å². The number of hydrogen-bond acceptors (Lipinski definition) is 7. The van der Waals surface area contributed by atoms with E-state index in [1.165, 1.54) is 19.2 Å². The molecule has 6 rings (SSSR count). The lowest BCUT2D eigenvalue weighted by molar-refractivity contribution is -0.117. The number of aliphatic hydroxyl groups is 1. The van der Waals surface area contributed by atoms with Crippen molar-refractivity contribution >= 4 is 17.3 Å². The van der Waals surface area contributed by atoms with Gasteiger partial charge in [0.15, 0.2) is 0 Å². The molecule has 0 bridgehead atoms. The van der Waals surface area contributed by atoms with Crippen molar-refractivity contribution in [2.45, 2.75) is 63.4 Å². The van der Waals surface area contributed by atoms with Crippen LogP contribution in [-0.2, 0) is 16.8 Å². The molecule has 0 aliphatic heterocycles. The van der Waals surface area contributed by atoms with Crippen molar-refractivity contribution in [3.63, 3.8) is 0 Å². The number of primary amides is 1. The van der Waals surface area contributed by atoms with E-state index in [9.17, 15) is 19.1 Å². The standard InChI is InChI=1S/C34H38FN5O5/c1-3-45-32-22(16-29(36)41)15-28(38-31(32)21-10-12-25(35)13-11-21)34(43,24-6-4-5-7-24)19-37-33(42)23-14-26-18-27(20-8-9-20)39-40(26)30(17-23)44-2/h10-15,17-18,20,24,43H,3-9,16,19H2,1-2H3,(H2,36,41)(H,37,42)/t34-/m1/s1. The maximum atomic E-state index is 13.9. The number of carbonyl (C=O) groups is 2. The molecular formula is C34H38FN5O5. The molecule has 2 saturated carbocycles. The third-order valence-corrected chi connectivity index (χ3v) is 8.83. The lowest BCUT2D eigenvalue weighted by Crippen LogP contribution is -2.46. The number of fused-ring (bicyclic) bond motifs is 1. The van der Waals surface area contributed by atoms with E-state index in [0.29, 0.717) is 39.9 Å². The van der Waals surface area contributed by atoms with Gasteiger partial charge in [0.2, 0.25) is 11.8 Å². The highest BCUT2D eigenvalue weighted by Crippen LogP contribution is 2.43. The van der Waals surface area contributed by atoms with Crippen LogP contribution in [0.5, 0.6) is 11.6 Å². The second-order valence-corrected chi connectivity index (χ2v) is 12.0. The Morgan fingerprint density at radius 1 is 1.11 bits per heavy atom. The number of pyridine rings is 2. The molecule has 236 valence electrons. The summed E-state index contributed by atoms with van der Waals surface area (Å²) in [5, 5.41) is 20.1. The summed E-state index contributed by atoms with van der Waals surface area (Å²) in [5.41, 5.74) is 7.80. The minimum absolute atomic E-state index is 0.129. The Morgan fingerprint density at radius 3 is 2.49 bits per heavy atom. The third-order valence-electron chi connectivity index (χ3n) is 8.83. The fraction of sp³-hybridized carbons (Fsp3) is 0.412. The van der Waals surface area contributed by atoms with E-state index in [4.69, 9.17) is 20.2 Å². The number of methoxy groups -OCH3 is 1. The number of halogens is 1. The molecule has 2 fully saturated rings. The van der Waals surface area contributed by atoms with Gasteiger partial charge in [0, 0.05) is 28.7 Å². The van der Waals surface area contributed by atoms with Crippen LogP contribution in [0, 0.1) is 11.7 Å². The van der Waals surface area contributed by atoms with E-state index >= 15 is 0 Å². The molecule has 3 aromatic heterocycles. The van der Waals surface area contributed by atoms with Gasteiger partial charge in [-0.05, 0) is 81.0 Å². The number of nitrogens with zero attached hydrogens (tertiary/aromatic N) is 3. The lowest BCUT2D eigenvalue weighted by Gasteiger charge is -2.35. The SMILES string of the molecule is CCOc1c(CC(N)=O)cc([C@@](O)(CNC(=O)c2cc(OC)n3nc(C4CC4)cc3c2)C2CCCC2)nc1-c1ccc(F)cc1. The number of carbonyl (C=O) groups excluding carboxylic acids is 2. The van der Waals surface area contributed by atoms with E-state index in [-0.39, 0.29) is 37.1 Å². The van der Waals surface area contributed by atoms with Crippen LogP contribution in [0.3, 0.4) is 0 Å². The molecule has 0 radical (unpaired) electrons. The Kier molecular flexibility index (Phi) is 8.46. The summed E-state index contributed by atoms with van der Waals surface area (Å²) >= 11 is 0. The highest BCUT2D eigenvalue weighted by atomic mass is 19.1. The van der Waals surface area contributed by atoms with Crippen molar-refractivity contribution in [2.24, 2.45) is 11.7 Å². The number of aromatic nitrogens is 3. The molecule has 10 nitrogen and oxygen atoms in total. The summed E-state index contributed by atoms with van der Waals surface area (Å²) in [5.74, 6) is -0.369. The molecule has 4 aromatic rings. The molecule has 1 aromatic carbocycles. The van der Waals surface area contributed by atoms with Gasteiger partial charge in [-0.15, -0.1) is 0 Å². The van der Waals surface area contributed by atoms with E-state index < -0.39 is 17.3 Å². The predicted octanol–water partition coefficient (Wildman–Crippen LogP) is 4.66. The number of benzene rings is 1. The van der Waals surface area contributed by atoms with E-state index in [1.54, 1.807) is 34.8 Å². The average molecular weight is 616 g/mol. The van der Waals surface area contributed by atoms with Gasteiger partial charge in [-0.1, -0.05) is 12.8 Å². The molecule has 4 N–H and O–H groups in total. The Balaban J connectivity index is 1.38. The van der Waals surface area contributed by atoms with Crippen LogP contribution in [0.4, 0.5) is 4.39 Å². The normalized spacial score (nSPS) is 16.4. The first-order valence-electron chi connectivity index (χ1n) is 15.5. The number of hydrogen-bond donors (Lipinski definition) is 3. The van der Waals surface area contributed by atoms with Crippen molar-refractivity contribution in [2.75, 3.05) is 20.3 Å². The second kappa shape index (κ2) is 12.5. The second-order valence-electron chi connectivity index (χ2n) is 12.0. The summed E-state index contributed by atoms with van der Waals surface area (Å²) in [6.07, 6.45) is 5.37. The molecule has 0 unspecified atom stereocenters. The maximum Gasteiger partial charge on any atom is 0.251 e. The molecule has 0 saturated heterocycles. The van der Waals surface area contributed by atoms with Crippen molar-refractivity contribution in [3.05, 3.63) is 76.9 Å². The van der Waals surface area contributed by atoms with Crippen molar-refractivity contribution < 1.29 is 28.6 Å². The van der Waals surface area contributed by atoms with Gasteiger partial charge in [0.1, 0.15) is 22.9 Å². The number of ether oxygens (including phenoxy) is 2. The number of nitrogens with one attached hydrogen (secondary N) is 1. The number of rotatable bonds is 12. The van der Waals surface area contributed by atoms with E-state index in [0.717, 1.165) is 49.7 Å². The molecule has 2 aliphatic carbocycles. The molecule has 45 heavy (non-hydrogen) atoms. The largest absolute Gasteiger partial charge is 0.491 e. The molecule has 1 atom stereocenters. The first kappa shape index (κ1) is 30.5. The topological polar surface area (TPSA) is 141 Å². The zero-order valence-corrected chi connectivity index (χ0v) is 25.5. The predicted molar refractivity (Wildman–Crippen MR) is 166 cm³/mol. The van der Waals surface area contributed by atoms with Crippen LogP contribution in [0.1, 0.15) is 78.7 Å². The van der Waals surface area contributed by atoms with E-state index in [2.05, 4.69) is 10.4 Å².